The topological polar surface area (TPSA) is 72.8 Å². The molecule has 0 radical (unpaired) electrons. The molecular weight excluding hydrogens is 200 g/mol. The minimum atomic E-state index is -1.50. The fourth-order valence-corrected chi connectivity index (χ4v) is 0.689. The van der Waals surface area contributed by atoms with Gasteiger partial charge in [-0.1, -0.05) is 25.3 Å². The Balaban J connectivity index is 3.84. The lowest BCUT2D eigenvalue weighted by atomic mass is 10.2. The van der Waals surface area contributed by atoms with Crippen molar-refractivity contribution in [3.63, 3.8) is 0 Å². The number of hydrogen-bond donors (Lipinski definition) is 1. The number of esters is 2. The molecule has 0 heterocycles. The lowest BCUT2D eigenvalue weighted by Gasteiger charge is -2.08. The zero-order valence-electron chi connectivity index (χ0n) is 8.35. The molecule has 0 aromatic rings. The second-order valence-corrected chi connectivity index (χ2v) is 2.61. The Hall–Kier alpha value is -1.62. The molecule has 0 aliphatic heterocycles. The highest BCUT2D eigenvalue weighted by Crippen LogP contribution is 1.98. The van der Waals surface area contributed by atoms with Crippen LogP contribution in [0.2, 0.25) is 0 Å². The molecular formula is C10H14O5. The monoisotopic (exact) mass is 214 g/mol. The zero-order chi connectivity index (χ0) is 11.7. The molecule has 5 nitrogen and oxygen atoms in total. The Morgan fingerprint density at radius 3 is 2.27 bits per heavy atom. The number of rotatable bonds is 7. The van der Waals surface area contributed by atoms with E-state index in [-0.39, 0.29) is 13.2 Å². The Morgan fingerprint density at radius 1 is 1.20 bits per heavy atom. The second-order valence-electron chi connectivity index (χ2n) is 2.61. The maximum absolute atomic E-state index is 11.0. The average molecular weight is 214 g/mol. The Bertz CT molecular complexity index is 246. The van der Waals surface area contributed by atoms with E-state index < -0.39 is 24.5 Å². The predicted octanol–water partition coefficient (Wildman–Crippen LogP) is 0.196. The van der Waals surface area contributed by atoms with Crippen molar-refractivity contribution in [2.45, 2.75) is 12.5 Å². The van der Waals surface area contributed by atoms with Crippen LogP contribution in [0.15, 0.2) is 25.3 Å². The van der Waals surface area contributed by atoms with E-state index in [1.807, 2.05) is 0 Å². The van der Waals surface area contributed by atoms with Gasteiger partial charge in [0, 0.05) is 0 Å². The molecule has 0 aromatic carbocycles. The maximum atomic E-state index is 11.0. The summed E-state index contributed by atoms with van der Waals surface area (Å²) in [5, 5.41) is 9.18. The molecule has 1 N–H and O–H groups in total. The van der Waals surface area contributed by atoms with E-state index in [1.165, 1.54) is 12.2 Å². The molecule has 0 bridgehead atoms. The lowest BCUT2D eigenvalue weighted by molar-refractivity contribution is -0.158. The van der Waals surface area contributed by atoms with Gasteiger partial charge in [0.25, 0.3) is 0 Å². The van der Waals surface area contributed by atoms with Crippen LogP contribution in [0, 0.1) is 0 Å². The highest BCUT2D eigenvalue weighted by Gasteiger charge is 2.20. The first-order chi connectivity index (χ1) is 7.11. The highest BCUT2D eigenvalue weighted by atomic mass is 16.6. The molecule has 1 atom stereocenters. The Morgan fingerprint density at radius 2 is 1.73 bits per heavy atom. The van der Waals surface area contributed by atoms with Gasteiger partial charge in [0.1, 0.15) is 13.2 Å². The van der Waals surface area contributed by atoms with Crippen LogP contribution in [0.3, 0.4) is 0 Å². The summed E-state index contributed by atoms with van der Waals surface area (Å²) >= 11 is 0. The van der Waals surface area contributed by atoms with Crippen molar-refractivity contribution >= 4 is 11.9 Å². The van der Waals surface area contributed by atoms with Gasteiger partial charge in [-0.05, 0) is 0 Å². The summed E-state index contributed by atoms with van der Waals surface area (Å²) in [5.74, 6) is -1.55. The van der Waals surface area contributed by atoms with Crippen LogP contribution in [-0.4, -0.2) is 36.4 Å². The maximum Gasteiger partial charge on any atom is 0.335 e. The van der Waals surface area contributed by atoms with Crippen LogP contribution in [0.5, 0.6) is 0 Å². The van der Waals surface area contributed by atoms with Crippen molar-refractivity contribution < 1.29 is 24.2 Å². The van der Waals surface area contributed by atoms with Gasteiger partial charge in [0.2, 0.25) is 0 Å². The molecule has 0 aliphatic carbocycles. The molecule has 0 unspecified atom stereocenters. The molecule has 0 amide bonds. The first-order valence-electron chi connectivity index (χ1n) is 4.34. The summed E-state index contributed by atoms with van der Waals surface area (Å²) in [4.78, 5) is 21.9. The molecule has 0 rings (SSSR count). The predicted molar refractivity (Wildman–Crippen MR) is 52.9 cm³/mol. The van der Waals surface area contributed by atoms with E-state index >= 15 is 0 Å². The molecule has 0 saturated heterocycles. The van der Waals surface area contributed by atoms with Gasteiger partial charge in [-0.3, -0.25) is 4.79 Å². The van der Waals surface area contributed by atoms with Gasteiger partial charge in [-0.15, -0.1) is 0 Å². The van der Waals surface area contributed by atoms with Gasteiger partial charge in [-0.2, -0.15) is 0 Å². The quantitative estimate of drug-likeness (QED) is 0.484. The van der Waals surface area contributed by atoms with Crippen LogP contribution in [-0.2, 0) is 19.1 Å². The number of hydrogen-bond acceptors (Lipinski definition) is 5. The van der Waals surface area contributed by atoms with E-state index in [9.17, 15) is 14.7 Å². The third kappa shape index (κ3) is 6.45. The van der Waals surface area contributed by atoms with Crippen LogP contribution in [0.25, 0.3) is 0 Å². The third-order valence-corrected chi connectivity index (χ3v) is 1.34. The van der Waals surface area contributed by atoms with Crippen LogP contribution < -0.4 is 0 Å². The summed E-state index contributed by atoms with van der Waals surface area (Å²) in [7, 11) is 0. The number of aliphatic hydroxyl groups excluding tert-OH is 1. The van der Waals surface area contributed by atoms with E-state index in [1.54, 1.807) is 0 Å². The van der Waals surface area contributed by atoms with Crippen molar-refractivity contribution in [1.82, 2.24) is 0 Å². The van der Waals surface area contributed by atoms with Gasteiger partial charge >= 0.3 is 11.9 Å². The zero-order valence-corrected chi connectivity index (χ0v) is 8.35. The van der Waals surface area contributed by atoms with Crippen molar-refractivity contribution in [3.8, 4) is 0 Å². The van der Waals surface area contributed by atoms with Crippen LogP contribution in [0.1, 0.15) is 6.42 Å². The Kier molecular flexibility index (Phi) is 6.92. The fraction of sp³-hybridized carbons (Fsp3) is 0.400. The van der Waals surface area contributed by atoms with Crippen molar-refractivity contribution in [3.05, 3.63) is 25.3 Å². The highest BCUT2D eigenvalue weighted by molar-refractivity contribution is 5.81. The van der Waals surface area contributed by atoms with Gasteiger partial charge < -0.3 is 14.6 Å². The van der Waals surface area contributed by atoms with Crippen molar-refractivity contribution in [1.29, 1.82) is 0 Å². The van der Waals surface area contributed by atoms with E-state index in [0.717, 1.165) is 0 Å². The minimum Gasteiger partial charge on any atom is -0.461 e. The van der Waals surface area contributed by atoms with Gasteiger partial charge in [0.05, 0.1) is 6.42 Å². The minimum absolute atomic E-state index is 0.00238. The van der Waals surface area contributed by atoms with Gasteiger partial charge in [0.15, 0.2) is 6.10 Å². The molecule has 0 fully saturated rings. The molecule has 15 heavy (non-hydrogen) atoms. The van der Waals surface area contributed by atoms with E-state index in [0.29, 0.717) is 0 Å². The van der Waals surface area contributed by atoms with Crippen LogP contribution in [0.4, 0.5) is 0 Å². The van der Waals surface area contributed by atoms with E-state index in [2.05, 4.69) is 22.6 Å². The first-order valence-corrected chi connectivity index (χ1v) is 4.34. The van der Waals surface area contributed by atoms with Gasteiger partial charge in [-0.25, -0.2) is 4.79 Å². The first kappa shape index (κ1) is 13.4. The number of aliphatic hydroxyl groups is 1. The number of ether oxygens (including phenoxy) is 2. The summed E-state index contributed by atoms with van der Waals surface area (Å²) in [6, 6.07) is 0. The molecule has 0 aliphatic rings. The second kappa shape index (κ2) is 7.75. The standard InChI is InChI=1S/C10H14O5/c1-3-5-14-9(12)7-8(11)10(13)15-6-4-2/h3-4,8,11H,1-2,5-7H2/t8-/m1/s1. The molecule has 5 heteroatoms. The summed E-state index contributed by atoms with van der Waals surface area (Å²) < 4.78 is 9.09. The summed E-state index contributed by atoms with van der Waals surface area (Å²) in [5.41, 5.74) is 0. The summed E-state index contributed by atoms with van der Waals surface area (Å²) in [6.07, 6.45) is 0.826. The lowest BCUT2D eigenvalue weighted by Crippen LogP contribution is -2.26. The Labute approximate surface area is 88.0 Å². The molecule has 0 spiro atoms. The third-order valence-electron chi connectivity index (χ3n) is 1.34. The largest absolute Gasteiger partial charge is 0.461 e. The van der Waals surface area contributed by atoms with Crippen molar-refractivity contribution in [2.24, 2.45) is 0 Å². The normalized spacial score (nSPS) is 11.3. The average Bonchev–Trinajstić information content (AvgIpc) is 2.22. The summed E-state index contributed by atoms with van der Waals surface area (Å²) in [6.45, 7) is 6.72. The van der Waals surface area contributed by atoms with Crippen LogP contribution >= 0.6 is 0 Å². The smallest absolute Gasteiger partial charge is 0.335 e. The molecule has 84 valence electrons. The SMILES string of the molecule is C=CCOC(=O)C[C@@H](O)C(=O)OCC=C. The number of carbonyl (C=O) groups excluding carboxylic acids is 2. The fourth-order valence-electron chi connectivity index (χ4n) is 0.689. The molecule has 0 saturated carbocycles. The van der Waals surface area contributed by atoms with Crippen molar-refractivity contribution in [2.75, 3.05) is 13.2 Å². The van der Waals surface area contributed by atoms with E-state index in [4.69, 9.17) is 0 Å². The number of carbonyl (C=O) groups is 2. The molecule has 0 aromatic heterocycles.